The number of aryl methyl sites for hydroxylation is 1. The Morgan fingerprint density at radius 3 is 2.56 bits per heavy atom. The zero-order chi connectivity index (χ0) is 12.1. The summed E-state index contributed by atoms with van der Waals surface area (Å²) in [7, 11) is 0. The number of hydrogen-bond donors (Lipinski definition) is 0. The Hall–Kier alpha value is -1.32. The lowest BCUT2D eigenvalue weighted by atomic mass is 10.1. The molecule has 1 rings (SSSR count). The SMILES string of the molecule is CCn1ccc(=O)n(CCCC(C)C)c1=O. The molecule has 4 nitrogen and oxygen atoms in total. The van der Waals surface area contributed by atoms with E-state index >= 15 is 0 Å². The van der Waals surface area contributed by atoms with Gasteiger partial charge in [0.2, 0.25) is 0 Å². The van der Waals surface area contributed by atoms with Crippen LogP contribution in [0, 0.1) is 5.92 Å². The zero-order valence-corrected chi connectivity index (χ0v) is 10.3. The van der Waals surface area contributed by atoms with E-state index < -0.39 is 0 Å². The molecular formula is C12H20N2O2. The van der Waals surface area contributed by atoms with Crippen LogP contribution in [0.2, 0.25) is 0 Å². The number of nitrogens with zero attached hydrogens (tertiary/aromatic N) is 2. The Kier molecular flexibility index (Phi) is 4.52. The van der Waals surface area contributed by atoms with Crippen LogP contribution in [0.5, 0.6) is 0 Å². The van der Waals surface area contributed by atoms with Crippen molar-refractivity contribution in [2.75, 3.05) is 0 Å². The van der Waals surface area contributed by atoms with Crippen LogP contribution in [-0.2, 0) is 13.1 Å². The smallest absolute Gasteiger partial charge is 0.301 e. The molecule has 0 atom stereocenters. The first kappa shape index (κ1) is 12.7. The van der Waals surface area contributed by atoms with E-state index in [4.69, 9.17) is 0 Å². The summed E-state index contributed by atoms with van der Waals surface area (Å²) in [5, 5.41) is 0. The van der Waals surface area contributed by atoms with Crippen molar-refractivity contribution in [3.8, 4) is 0 Å². The molecule has 1 aromatic heterocycles. The highest BCUT2D eigenvalue weighted by Gasteiger charge is 2.04. The minimum atomic E-state index is -0.196. The third-order valence-electron chi connectivity index (χ3n) is 2.64. The van der Waals surface area contributed by atoms with Gasteiger partial charge in [0.25, 0.3) is 5.56 Å². The van der Waals surface area contributed by atoms with Crippen LogP contribution in [0.25, 0.3) is 0 Å². The van der Waals surface area contributed by atoms with Gasteiger partial charge in [0, 0.05) is 25.4 Å². The molecule has 0 saturated carbocycles. The van der Waals surface area contributed by atoms with E-state index in [1.54, 1.807) is 10.8 Å². The molecule has 0 fully saturated rings. The summed E-state index contributed by atoms with van der Waals surface area (Å²) in [5.41, 5.74) is -0.391. The number of hydrogen-bond acceptors (Lipinski definition) is 2. The molecule has 0 aliphatic carbocycles. The Morgan fingerprint density at radius 2 is 2.00 bits per heavy atom. The molecular weight excluding hydrogens is 204 g/mol. The highest BCUT2D eigenvalue weighted by Crippen LogP contribution is 2.03. The minimum Gasteiger partial charge on any atom is -0.301 e. The van der Waals surface area contributed by atoms with Gasteiger partial charge in [-0.1, -0.05) is 13.8 Å². The largest absolute Gasteiger partial charge is 0.330 e. The van der Waals surface area contributed by atoms with Crippen molar-refractivity contribution >= 4 is 0 Å². The Morgan fingerprint density at radius 1 is 1.31 bits per heavy atom. The molecule has 0 spiro atoms. The third-order valence-corrected chi connectivity index (χ3v) is 2.64. The van der Waals surface area contributed by atoms with E-state index in [9.17, 15) is 9.59 Å². The normalized spacial score (nSPS) is 11.0. The molecule has 4 heteroatoms. The second-order valence-corrected chi connectivity index (χ2v) is 4.41. The summed E-state index contributed by atoms with van der Waals surface area (Å²) in [6.07, 6.45) is 3.47. The van der Waals surface area contributed by atoms with E-state index in [-0.39, 0.29) is 11.2 Å². The number of aromatic nitrogens is 2. The standard InChI is InChI=1S/C12H20N2O2/c1-4-13-9-7-11(15)14(12(13)16)8-5-6-10(2)3/h7,9-10H,4-6,8H2,1-3H3. The molecule has 0 N–H and O–H groups in total. The molecule has 0 radical (unpaired) electrons. The lowest BCUT2D eigenvalue weighted by Crippen LogP contribution is -2.38. The maximum atomic E-state index is 11.8. The van der Waals surface area contributed by atoms with Gasteiger partial charge in [0.15, 0.2) is 0 Å². The fraction of sp³-hybridized carbons (Fsp3) is 0.667. The van der Waals surface area contributed by atoms with Gasteiger partial charge in [-0.25, -0.2) is 4.79 Å². The molecule has 1 heterocycles. The average Bonchev–Trinajstić information content (AvgIpc) is 2.23. The van der Waals surface area contributed by atoms with E-state index in [1.165, 1.54) is 10.6 Å². The van der Waals surface area contributed by atoms with Crippen LogP contribution < -0.4 is 11.2 Å². The Balaban J connectivity index is 2.87. The summed E-state index contributed by atoms with van der Waals surface area (Å²) in [4.78, 5) is 23.4. The maximum absolute atomic E-state index is 11.8. The highest BCUT2D eigenvalue weighted by molar-refractivity contribution is 4.86. The van der Waals surface area contributed by atoms with Gasteiger partial charge in [0.05, 0.1) is 0 Å². The topological polar surface area (TPSA) is 44.0 Å². The van der Waals surface area contributed by atoms with E-state index in [0.29, 0.717) is 19.0 Å². The first-order chi connectivity index (χ1) is 7.56. The highest BCUT2D eigenvalue weighted by atomic mass is 16.2. The van der Waals surface area contributed by atoms with Crippen molar-refractivity contribution in [1.82, 2.24) is 9.13 Å². The Bertz CT molecular complexity index is 443. The predicted molar refractivity (Wildman–Crippen MR) is 64.7 cm³/mol. The quantitative estimate of drug-likeness (QED) is 0.760. The summed E-state index contributed by atoms with van der Waals surface area (Å²) in [6.45, 7) is 7.29. The molecule has 0 aliphatic rings. The summed E-state index contributed by atoms with van der Waals surface area (Å²) in [6, 6.07) is 1.46. The fourth-order valence-electron chi connectivity index (χ4n) is 1.66. The molecule has 0 aromatic carbocycles. The molecule has 0 aliphatic heterocycles. The molecule has 0 unspecified atom stereocenters. The van der Waals surface area contributed by atoms with Gasteiger partial charge in [-0.05, 0) is 25.7 Å². The van der Waals surface area contributed by atoms with Crippen LogP contribution in [-0.4, -0.2) is 9.13 Å². The van der Waals surface area contributed by atoms with Crippen molar-refractivity contribution in [2.45, 2.75) is 46.7 Å². The van der Waals surface area contributed by atoms with Crippen molar-refractivity contribution in [3.05, 3.63) is 33.1 Å². The molecule has 0 saturated heterocycles. The fourth-order valence-corrected chi connectivity index (χ4v) is 1.66. The van der Waals surface area contributed by atoms with Crippen LogP contribution in [0.3, 0.4) is 0 Å². The van der Waals surface area contributed by atoms with E-state index in [0.717, 1.165) is 12.8 Å². The van der Waals surface area contributed by atoms with Crippen LogP contribution in [0.15, 0.2) is 21.9 Å². The first-order valence-electron chi connectivity index (χ1n) is 5.86. The second kappa shape index (κ2) is 5.68. The molecule has 1 aromatic rings. The molecule has 0 bridgehead atoms. The molecule has 0 amide bonds. The van der Waals surface area contributed by atoms with Crippen LogP contribution in [0.1, 0.15) is 33.6 Å². The lowest BCUT2D eigenvalue weighted by Gasteiger charge is -2.08. The predicted octanol–water partition coefficient (Wildman–Crippen LogP) is 1.47. The van der Waals surface area contributed by atoms with Crippen molar-refractivity contribution in [1.29, 1.82) is 0 Å². The monoisotopic (exact) mass is 224 g/mol. The molecule has 16 heavy (non-hydrogen) atoms. The summed E-state index contributed by atoms with van der Waals surface area (Å²) >= 11 is 0. The third kappa shape index (κ3) is 3.08. The van der Waals surface area contributed by atoms with Crippen LogP contribution in [0.4, 0.5) is 0 Å². The van der Waals surface area contributed by atoms with Crippen molar-refractivity contribution in [3.63, 3.8) is 0 Å². The van der Waals surface area contributed by atoms with Gasteiger partial charge in [-0.15, -0.1) is 0 Å². The van der Waals surface area contributed by atoms with Crippen LogP contribution >= 0.6 is 0 Å². The summed E-state index contributed by atoms with van der Waals surface area (Å²) < 4.78 is 2.88. The van der Waals surface area contributed by atoms with Gasteiger partial charge >= 0.3 is 5.69 Å². The van der Waals surface area contributed by atoms with Gasteiger partial charge in [-0.3, -0.25) is 9.36 Å². The second-order valence-electron chi connectivity index (χ2n) is 4.41. The first-order valence-corrected chi connectivity index (χ1v) is 5.86. The van der Waals surface area contributed by atoms with Gasteiger partial charge in [0.1, 0.15) is 0 Å². The van der Waals surface area contributed by atoms with Gasteiger partial charge < -0.3 is 4.57 Å². The van der Waals surface area contributed by atoms with E-state index in [1.807, 2.05) is 6.92 Å². The average molecular weight is 224 g/mol. The summed E-state index contributed by atoms with van der Waals surface area (Å²) in [5.74, 6) is 0.604. The number of rotatable bonds is 5. The minimum absolute atomic E-state index is 0.196. The van der Waals surface area contributed by atoms with Gasteiger partial charge in [-0.2, -0.15) is 0 Å². The van der Waals surface area contributed by atoms with Crippen molar-refractivity contribution < 1.29 is 0 Å². The van der Waals surface area contributed by atoms with Crippen molar-refractivity contribution in [2.24, 2.45) is 5.92 Å². The molecule has 90 valence electrons. The zero-order valence-electron chi connectivity index (χ0n) is 10.3. The maximum Gasteiger partial charge on any atom is 0.330 e. The Labute approximate surface area is 95.5 Å². The van der Waals surface area contributed by atoms with E-state index in [2.05, 4.69) is 13.8 Å². The lowest BCUT2D eigenvalue weighted by molar-refractivity contribution is 0.482.